The number of hydrogen-bond acceptors (Lipinski definition) is 11. The number of benzene rings is 3. The van der Waals surface area contributed by atoms with Crippen molar-refractivity contribution in [3.05, 3.63) is 77.4 Å². The number of likely N-dealkylation sites (tertiary alicyclic amines) is 1. The van der Waals surface area contributed by atoms with Gasteiger partial charge in [-0.1, -0.05) is 18.2 Å². The molecule has 264 valence electrons. The zero-order chi connectivity index (χ0) is 35.6. The molecule has 14 heteroatoms. The predicted octanol–water partition coefficient (Wildman–Crippen LogP) is 3.80. The van der Waals surface area contributed by atoms with Crippen LogP contribution >= 0.6 is 0 Å². The second-order valence-corrected chi connectivity index (χ2v) is 14.2. The summed E-state index contributed by atoms with van der Waals surface area (Å²) in [5.41, 5.74) is -2.11. The highest BCUT2D eigenvalue weighted by Gasteiger charge is 2.61. The zero-order valence-corrected chi connectivity index (χ0v) is 29.4. The van der Waals surface area contributed by atoms with Gasteiger partial charge in [-0.15, -0.1) is 0 Å². The van der Waals surface area contributed by atoms with E-state index in [1.807, 2.05) is 0 Å². The van der Waals surface area contributed by atoms with Crippen LogP contribution in [0.4, 0.5) is 10.5 Å². The molecule has 2 amide bonds. The maximum atomic E-state index is 15.1. The summed E-state index contributed by atoms with van der Waals surface area (Å²) in [4.78, 5) is 35.4. The van der Waals surface area contributed by atoms with E-state index < -0.39 is 27.6 Å². The summed E-state index contributed by atoms with van der Waals surface area (Å²) in [5, 5.41) is 9.93. The minimum atomic E-state index is -4.71. The lowest BCUT2D eigenvalue weighted by atomic mass is 9.85. The molecule has 3 aromatic rings. The van der Waals surface area contributed by atoms with Gasteiger partial charge in [0.05, 0.1) is 43.7 Å². The number of hydrogen-bond donors (Lipinski definition) is 0. The fraction of sp³-hybridized carbons (Fsp3) is 0.417. The summed E-state index contributed by atoms with van der Waals surface area (Å²) in [6.45, 7) is 6.65. The lowest BCUT2D eigenvalue weighted by Gasteiger charge is -2.42. The van der Waals surface area contributed by atoms with Crippen LogP contribution < -0.4 is 18.5 Å². The number of anilines is 1. The first-order chi connectivity index (χ1) is 24.1. The molecule has 3 aromatic carbocycles. The number of ether oxygens (including phenoxy) is 4. The Hall–Kier alpha value is -4.84. The second kappa shape index (κ2) is 14.2. The van der Waals surface area contributed by atoms with Gasteiger partial charge in [0.1, 0.15) is 22.1 Å². The third-order valence-corrected chi connectivity index (χ3v) is 11.4. The highest BCUT2D eigenvalue weighted by Crippen LogP contribution is 2.52. The van der Waals surface area contributed by atoms with E-state index in [0.717, 1.165) is 39.0 Å². The van der Waals surface area contributed by atoms with Crippen LogP contribution in [0.5, 0.6) is 17.2 Å². The van der Waals surface area contributed by atoms with Crippen LogP contribution in [-0.2, 0) is 25.2 Å². The number of sulfonamides is 1. The minimum absolute atomic E-state index is 0.0189. The fourth-order valence-electron chi connectivity index (χ4n) is 7.01. The van der Waals surface area contributed by atoms with Gasteiger partial charge >= 0.3 is 6.09 Å². The molecular weight excluding hydrogens is 662 g/mol. The number of rotatable bonds is 9. The molecule has 0 radical (unpaired) electrons. The van der Waals surface area contributed by atoms with Crippen LogP contribution in [0.25, 0.3) is 0 Å². The van der Waals surface area contributed by atoms with E-state index in [1.54, 1.807) is 36.1 Å². The highest BCUT2D eigenvalue weighted by molar-refractivity contribution is 7.93. The van der Waals surface area contributed by atoms with Crippen LogP contribution in [0.2, 0.25) is 0 Å². The van der Waals surface area contributed by atoms with Crippen molar-refractivity contribution in [2.24, 2.45) is 0 Å². The standard InChI is InChI=1S/C36H41N5O8S/c1-5-48-31-9-7-6-8-28(31)36(49-35(43)40-16-14-26(15-17-40)39-20-18-38(2)19-21-39)29-22-25(24-37)10-12-30(29)41(34(36)42)50(44,45)33-13-11-27(46-3)23-32(33)47-4/h6-13,22-23,26H,5,14-21H2,1-4H3. The second-order valence-electron chi connectivity index (χ2n) is 12.5. The molecule has 3 heterocycles. The summed E-state index contributed by atoms with van der Waals surface area (Å²) in [7, 11) is 0.141. The molecule has 2 saturated heterocycles. The number of carbonyl (C=O) groups is 2. The molecule has 0 bridgehead atoms. The summed E-state index contributed by atoms with van der Waals surface area (Å²) in [6.07, 6.45) is 0.667. The van der Waals surface area contributed by atoms with Crippen molar-refractivity contribution in [1.82, 2.24) is 14.7 Å². The third-order valence-electron chi connectivity index (χ3n) is 9.68. The first-order valence-corrected chi connectivity index (χ1v) is 18.0. The van der Waals surface area contributed by atoms with Crippen LogP contribution in [0, 0.1) is 11.3 Å². The average molecular weight is 704 g/mol. The number of amides is 2. The van der Waals surface area contributed by atoms with E-state index >= 15 is 4.79 Å². The molecule has 0 N–H and O–H groups in total. The molecule has 6 rings (SSSR count). The largest absolute Gasteiger partial charge is 0.497 e. The maximum absolute atomic E-state index is 15.1. The van der Waals surface area contributed by atoms with E-state index in [9.17, 15) is 18.5 Å². The normalized spacial score (nSPS) is 20.3. The van der Waals surface area contributed by atoms with Gasteiger partial charge in [0.2, 0.25) is 5.60 Å². The van der Waals surface area contributed by atoms with Crippen molar-refractivity contribution in [2.45, 2.75) is 36.3 Å². The Morgan fingerprint density at radius 3 is 2.30 bits per heavy atom. The number of nitriles is 1. The Kier molecular flexibility index (Phi) is 9.93. The highest BCUT2D eigenvalue weighted by atomic mass is 32.2. The monoisotopic (exact) mass is 703 g/mol. The number of carbonyl (C=O) groups excluding carboxylic acids is 2. The Balaban J connectivity index is 1.45. The van der Waals surface area contributed by atoms with Crippen LogP contribution in [-0.4, -0.2) is 108 Å². The van der Waals surface area contributed by atoms with E-state index in [4.69, 9.17) is 18.9 Å². The van der Waals surface area contributed by atoms with Gasteiger partial charge < -0.3 is 28.7 Å². The minimum Gasteiger partial charge on any atom is -0.497 e. The number of nitrogens with zero attached hydrogens (tertiary/aromatic N) is 5. The SMILES string of the molecule is CCOc1ccccc1C1(OC(=O)N2CCC(N3CCN(C)CC3)CC2)C(=O)N(S(=O)(=O)c2ccc(OC)cc2OC)c2ccc(C#N)cc21. The van der Waals surface area contributed by atoms with Gasteiger partial charge in [-0.2, -0.15) is 9.57 Å². The first-order valence-electron chi connectivity index (χ1n) is 16.6. The number of methoxy groups -OCH3 is 2. The number of likely N-dealkylation sites (N-methyl/N-ethyl adjacent to an activating group) is 1. The molecule has 0 aliphatic carbocycles. The number of para-hydroxylation sites is 1. The summed E-state index contributed by atoms with van der Waals surface area (Å²) in [6, 6.07) is 17.2. The molecular formula is C36H41N5O8S. The van der Waals surface area contributed by atoms with Gasteiger partial charge in [0.25, 0.3) is 15.9 Å². The Morgan fingerprint density at radius 2 is 1.64 bits per heavy atom. The third kappa shape index (κ3) is 6.10. The first kappa shape index (κ1) is 35.0. The van der Waals surface area contributed by atoms with E-state index in [-0.39, 0.29) is 45.4 Å². The molecule has 13 nitrogen and oxygen atoms in total. The number of piperidine rings is 1. The van der Waals surface area contributed by atoms with Gasteiger partial charge in [-0.3, -0.25) is 9.69 Å². The average Bonchev–Trinajstić information content (AvgIpc) is 3.39. The van der Waals surface area contributed by atoms with Gasteiger partial charge in [0, 0.05) is 56.9 Å². The van der Waals surface area contributed by atoms with Crippen LogP contribution in [0.3, 0.4) is 0 Å². The molecule has 3 aliphatic heterocycles. The summed E-state index contributed by atoms with van der Waals surface area (Å²) in [5.74, 6) is -0.550. The quantitative estimate of drug-likeness (QED) is 0.321. The Bertz CT molecular complexity index is 1920. The predicted molar refractivity (Wildman–Crippen MR) is 184 cm³/mol. The van der Waals surface area contributed by atoms with Crippen molar-refractivity contribution in [3.8, 4) is 23.3 Å². The van der Waals surface area contributed by atoms with Crippen molar-refractivity contribution >= 4 is 27.7 Å². The zero-order valence-electron chi connectivity index (χ0n) is 28.6. The molecule has 0 spiro atoms. The smallest absolute Gasteiger partial charge is 0.411 e. The molecule has 1 unspecified atom stereocenters. The molecule has 2 fully saturated rings. The molecule has 1 atom stereocenters. The molecule has 50 heavy (non-hydrogen) atoms. The maximum Gasteiger partial charge on any atom is 0.411 e. The van der Waals surface area contributed by atoms with Gasteiger partial charge in [0.15, 0.2) is 0 Å². The summed E-state index contributed by atoms with van der Waals surface area (Å²) >= 11 is 0. The lowest BCUT2D eigenvalue weighted by Crippen LogP contribution is -2.54. The van der Waals surface area contributed by atoms with Crippen molar-refractivity contribution in [3.63, 3.8) is 0 Å². The van der Waals surface area contributed by atoms with E-state index in [2.05, 4.69) is 22.9 Å². The summed E-state index contributed by atoms with van der Waals surface area (Å²) < 4.78 is 52.8. The van der Waals surface area contributed by atoms with Crippen molar-refractivity contribution in [1.29, 1.82) is 5.26 Å². The lowest BCUT2D eigenvalue weighted by molar-refractivity contribution is -0.132. The van der Waals surface area contributed by atoms with Crippen molar-refractivity contribution < 1.29 is 37.0 Å². The van der Waals surface area contributed by atoms with Gasteiger partial charge in [-0.25, -0.2) is 13.2 Å². The fourth-order valence-corrected chi connectivity index (χ4v) is 8.60. The number of fused-ring (bicyclic) bond motifs is 1. The topological polar surface area (TPSA) is 142 Å². The van der Waals surface area contributed by atoms with Crippen LogP contribution in [0.15, 0.2) is 65.6 Å². The van der Waals surface area contributed by atoms with Gasteiger partial charge in [-0.05, 0) is 63.2 Å². The molecule has 0 aromatic heterocycles. The van der Waals surface area contributed by atoms with E-state index in [0.29, 0.717) is 29.2 Å². The Labute approximate surface area is 292 Å². The molecule has 0 saturated carbocycles. The molecule has 3 aliphatic rings. The Morgan fingerprint density at radius 1 is 0.920 bits per heavy atom. The number of piperazine rings is 1. The van der Waals surface area contributed by atoms with Crippen LogP contribution in [0.1, 0.15) is 36.5 Å². The van der Waals surface area contributed by atoms with E-state index in [1.165, 1.54) is 50.6 Å². The van der Waals surface area contributed by atoms with Crippen molar-refractivity contribution in [2.75, 3.05) is 71.4 Å².